The van der Waals surface area contributed by atoms with Crippen LogP contribution in [0, 0.1) is 29.3 Å². The van der Waals surface area contributed by atoms with E-state index in [2.05, 4.69) is 13.8 Å². The third kappa shape index (κ3) is 2.86. The van der Waals surface area contributed by atoms with E-state index in [9.17, 15) is 13.2 Å². The highest BCUT2D eigenvalue weighted by atomic mass is 19.2. The van der Waals surface area contributed by atoms with Crippen molar-refractivity contribution in [3.8, 4) is 0 Å². The molecule has 1 saturated carbocycles. The van der Waals surface area contributed by atoms with Crippen LogP contribution in [0.5, 0.6) is 0 Å². The Morgan fingerprint density at radius 3 is 2.22 bits per heavy atom. The summed E-state index contributed by atoms with van der Waals surface area (Å²) in [4.78, 5) is 0. The fourth-order valence-electron chi connectivity index (χ4n) is 2.19. The summed E-state index contributed by atoms with van der Waals surface area (Å²) in [5.74, 6) is -2.44. The van der Waals surface area contributed by atoms with Crippen LogP contribution in [0.15, 0.2) is 12.1 Å². The maximum Gasteiger partial charge on any atom is 0.194 e. The highest BCUT2D eigenvalue weighted by Crippen LogP contribution is 2.36. The Bertz CT molecular complexity index is 402. The van der Waals surface area contributed by atoms with Crippen molar-refractivity contribution in [2.75, 3.05) is 0 Å². The summed E-state index contributed by atoms with van der Waals surface area (Å²) >= 11 is 0. The molecule has 0 heterocycles. The summed E-state index contributed by atoms with van der Waals surface area (Å²) in [6.45, 7) is 4.47. The SMILES string of the molecule is CC(C)[C@H]1C[C@H](OCc2cc(F)c(F)c(F)c2)C1. The monoisotopic (exact) mass is 258 g/mol. The Morgan fingerprint density at radius 1 is 1.17 bits per heavy atom. The van der Waals surface area contributed by atoms with Crippen LogP contribution in [0.1, 0.15) is 32.3 Å². The van der Waals surface area contributed by atoms with Crippen molar-refractivity contribution in [3.63, 3.8) is 0 Å². The van der Waals surface area contributed by atoms with Crippen LogP contribution in [0.2, 0.25) is 0 Å². The summed E-state index contributed by atoms with van der Waals surface area (Å²) in [5, 5.41) is 0. The molecule has 100 valence electrons. The molecule has 0 atom stereocenters. The van der Waals surface area contributed by atoms with Crippen LogP contribution in [-0.2, 0) is 11.3 Å². The van der Waals surface area contributed by atoms with Gasteiger partial charge < -0.3 is 4.74 Å². The average molecular weight is 258 g/mol. The van der Waals surface area contributed by atoms with Gasteiger partial charge in [0.2, 0.25) is 0 Å². The van der Waals surface area contributed by atoms with Crippen molar-refractivity contribution in [2.45, 2.75) is 39.4 Å². The van der Waals surface area contributed by atoms with E-state index in [0.29, 0.717) is 17.4 Å². The molecule has 0 N–H and O–H groups in total. The Kier molecular flexibility index (Phi) is 3.95. The van der Waals surface area contributed by atoms with Crippen molar-refractivity contribution in [3.05, 3.63) is 35.1 Å². The fraction of sp³-hybridized carbons (Fsp3) is 0.571. The standard InChI is InChI=1S/C14H17F3O/c1-8(2)10-5-11(6-10)18-7-9-3-12(15)14(17)13(16)4-9/h3-4,8,10-11H,5-7H2,1-2H3/t10-,11-. The van der Waals surface area contributed by atoms with E-state index >= 15 is 0 Å². The van der Waals surface area contributed by atoms with Crippen LogP contribution in [0.4, 0.5) is 13.2 Å². The molecule has 0 aromatic heterocycles. The van der Waals surface area contributed by atoms with Crippen molar-refractivity contribution < 1.29 is 17.9 Å². The summed E-state index contributed by atoms with van der Waals surface area (Å²) in [6, 6.07) is 1.97. The molecule has 1 aliphatic carbocycles. The third-order valence-corrected chi connectivity index (χ3v) is 3.60. The minimum absolute atomic E-state index is 0.129. The summed E-state index contributed by atoms with van der Waals surface area (Å²) in [5.41, 5.74) is 0.333. The van der Waals surface area contributed by atoms with Gasteiger partial charge in [0, 0.05) is 0 Å². The third-order valence-electron chi connectivity index (χ3n) is 3.60. The predicted molar refractivity (Wildman–Crippen MR) is 62.5 cm³/mol. The zero-order chi connectivity index (χ0) is 13.3. The number of halogens is 3. The van der Waals surface area contributed by atoms with Gasteiger partial charge in [-0.25, -0.2) is 13.2 Å². The van der Waals surface area contributed by atoms with Gasteiger partial charge in [-0.2, -0.15) is 0 Å². The van der Waals surface area contributed by atoms with Gasteiger partial charge >= 0.3 is 0 Å². The second-order valence-electron chi connectivity index (χ2n) is 5.28. The van der Waals surface area contributed by atoms with Gasteiger partial charge in [-0.3, -0.25) is 0 Å². The van der Waals surface area contributed by atoms with E-state index in [1.54, 1.807) is 0 Å². The van der Waals surface area contributed by atoms with Crippen molar-refractivity contribution in [1.82, 2.24) is 0 Å². The van der Waals surface area contributed by atoms with Crippen molar-refractivity contribution in [1.29, 1.82) is 0 Å². The molecule has 1 aliphatic rings. The summed E-state index contributed by atoms with van der Waals surface area (Å²) in [7, 11) is 0. The quantitative estimate of drug-likeness (QED) is 0.740. The minimum atomic E-state index is -1.43. The number of benzene rings is 1. The highest BCUT2D eigenvalue weighted by molar-refractivity contribution is 5.18. The molecule has 1 nitrogen and oxygen atoms in total. The molecule has 0 unspecified atom stereocenters. The van der Waals surface area contributed by atoms with Crippen LogP contribution in [0.3, 0.4) is 0 Å². The molecule has 0 bridgehead atoms. The number of hydrogen-bond acceptors (Lipinski definition) is 1. The number of rotatable bonds is 4. The first-order chi connectivity index (χ1) is 8.47. The lowest BCUT2D eigenvalue weighted by Gasteiger charge is -2.37. The molecule has 1 fully saturated rings. The van der Waals surface area contributed by atoms with Gasteiger partial charge in [0.25, 0.3) is 0 Å². The molecule has 0 saturated heterocycles. The van der Waals surface area contributed by atoms with Gasteiger partial charge in [-0.1, -0.05) is 13.8 Å². The molecule has 0 radical (unpaired) electrons. The lowest BCUT2D eigenvalue weighted by Crippen LogP contribution is -2.34. The van der Waals surface area contributed by atoms with Gasteiger partial charge in [-0.05, 0) is 42.4 Å². The fourth-order valence-corrected chi connectivity index (χ4v) is 2.19. The highest BCUT2D eigenvalue weighted by Gasteiger charge is 2.31. The Labute approximate surface area is 105 Å². The smallest absolute Gasteiger partial charge is 0.194 e. The Hall–Kier alpha value is -1.03. The second kappa shape index (κ2) is 5.31. The first kappa shape index (κ1) is 13.4. The van der Waals surface area contributed by atoms with E-state index in [4.69, 9.17) is 4.74 Å². The second-order valence-corrected chi connectivity index (χ2v) is 5.28. The Morgan fingerprint density at radius 2 is 1.72 bits per heavy atom. The molecule has 0 spiro atoms. The van der Waals surface area contributed by atoms with Gasteiger partial charge in [0.1, 0.15) is 0 Å². The van der Waals surface area contributed by atoms with E-state index in [1.165, 1.54) is 0 Å². The van der Waals surface area contributed by atoms with Gasteiger partial charge in [0.05, 0.1) is 12.7 Å². The van der Waals surface area contributed by atoms with Crippen LogP contribution >= 0.6 is 0 Å². The normalized spacial score (nSPS) is 23.2. The van der Waals surface area contributed by atoms with E-state index in [0.717, 1.165) is 25.0 Å². The average Bonchev–Trinajstić information content (AvgIpc) is 2.23. The van der Waals surface area contributed by atoms with E-state index in [-0.39, 0.29) is 12.7 Å². The first-order valence-corrected chi connectivity index (χ1v) is 6.22. The maximum atomic E-state index is 13.0. The predicted octanol–water partition coefficient (Wildman–Crippen LogP) is 4.06. The van der Waals surface area contributed by atoms with Crippen molar-refractivity contribution in [2.24, 2.45) is 11.8 Å². The molecule has 0 aliphatic heterocycles. The minimum Gasteiger partial charge on any atom is -0.374 e. The zero-order valence-electron chi connectivity index (χ0n) is 10.6. The van der Waals surface area contributed by atoms with Crippen LogP contribution in [0.25, 0.3) is 0 Å². The molecule has 1 aromatic carbocycles. The molecule has 4 heteroatoms. The lowest BCUT2D eigenvalue weighted by atomic mass is 9.75. The van der Waals surface area contributed by atoms with Gasteiger partial charge in [-0.15, -0.1) is 0 Å². The zero-order valence-corrected chi connectivity index (χ0v) is 10.6. The summed E-state index contributed by atoms with van der Waals surface area (Å²) in [6.07, 6.45) is 2.14. The molecular formula is C14H17F3O. The van der Waals surface area contributed by atoms with E-state index < -0.39 is 17.5 Å². The molecular weight excluding hydrogens is 241 g/mol. The van der Waals surface area contributed by atoms with Crippen LogP contribution < -0.4 is 0 Å². The lowest BCUT2D eigenvalue weighted by molar-refractivity contribution is -0.0521. The molecule has 2 rings (SSSR count). The Balaban J connectivity index is 1.85. The largest absolute Gasteiger partial charge is 0.374 e. The summed E-state index contributed by atoms with van der Waals surface area (Å²) < 4.78 is 44.2. The molecule has 18 heavy (non-hydrogen) atoms. The van der Waals surface area contributed by atoms with Crippen molar-refractivity contribution >= 4 is 0 Å². The molecule has 1 aromatic rings. The number of hydrogen-bond donors (Lipinski definition) is 0. The van der Waals surface area contributed by atoms with Crippen LogP contribution in [-0.4, -0.2) is 6.10 Å². The number of ether oxygens (including phenoxy) is 1. The van der Waals surface area contributed by atoms with Gasteiger partial charge in [0.15, 0.2) is 17.5 Å². The first-order valence-electron chi connectivity index (χ1n) is 6.22. The topological polar surface area (TPSA) is 9.23 Å². The van der Waals surface area contributed by atoms with E-state index in [1.807, 2.05) is 0 Å². The maximum absolute atomic E-state index is 13.0. The molecule has 0 amide bonds.